The van der Waals surface area contributed by atoms with E-state index in [0.29, 0.717) is 12.2 Å². The summed E-state index contributed by atoms with van der Waals surface area (Å²) >= 11 is 0. The van der Waals surface area contributed by atoms with Crippen molar-refractivity contribution in [2.45, 2.75) is 20.0 Å². The first-order valence-corrected chi connectivity index (χ1v) is 4.22. The van der Waals surface area contributed by atoms with Crippen molar-refractivity contribution in [3.63, 3.8) is 0 Å². The first kappa shape index (κ1) is 10.1. The van der Waals surface area contributed by atoms with Gasteiger partial charge in [0.25, 0.3) is 0 Å². The molecule has 1 heterocycles. The number of rotatable bonds is 3. The number of nitrogens with two attached hydrogens (primary N) is 1. The highest BCUT2D eigenvalue weighted by Crippen LogP contribution is 2.30. The molecule has 0 saturated heterocycles. The number of nitrogens with zero attached hydrogens (tertiary/aromatic N) is 2. The van der Waals surface area contributed by atoms with Gasteiger partial charge in [-0.1, -0.05) is 13.8 Å². The SMILES string of the molecule is CC(C)(CN)C(O)c1cnccn1. The van der Waals surface area contributed by atoms with Crippen LogP contribution in [0.3, 0.4) is 0 Å². The molecule has 0 spiro atoms. The normalized spacial score (nSPS) is 14.2. The van der Waals surface area contributed by atoms with E-state index in [9.17, 15) is 5.11 Å². The third-order valence-corrected chi connectivity index (χ3v) is 2.13. The summed E-state index contributed by atoms with van der Waals surface area (Å²) in [7, 11) is 0. The average Bonchev–Trinajstić information content (AvgIpc) is 2.18. The third-order valence-electron chi connectivity index (χ3n) is 2.13. The Hall–Kier alpha value is -1.00. The minimum absolute atomic E-state index is 0.365. The van der Waals surface area contributed by atoms with Crippen LogP contribution in [0.15, 0.2) is 18.6 Å². The van der Waals surface area contributed by atoms with Crippen LogP contribution in [0.25, 0.3) is 0 Å². The van der Waals surface area contributed by atoms with Gasteiger partial charge in [0.05, 0.1) is 11.9 Å². The van der Waals surface area contributed by atoms with Crippen LogP contribution in [-0.4, -0.2) is 21.6 Å². The van der Waals surface area contributed by atoms with Gasteiger partial charge in [0.1, 0.15) is 6.10 Å². The molecule has 1 atom stereocenters. The fourth-order valence-electron chi connectivity index (χ4n) is 0.964. The predicted molar refractivity (Wildman–Crippen MR) is 49.8 cm³/mol. The second kappa shape index (κ2) is 3.81. The summed E-state index contributed by atoms with van der Waals surface area (Å²) in [6, 6.07) is 0. The van der Waals surface area contributed by atoms with E-state index in [1.54, 1.807) is 18.6 Å². The van der Waals surface area contributed by atoms with Crippen molar-refractivity contribution >= 4 is 0 Å². The molecular weight excluding hydrogens is 166 g/mol. The summed E-state index contributed by atoms with van der Waals surface area (Å²) in [5.41, 5.74) is 5.74. The average molecular weight is 181 g/mol. The quantitative estimate of drug-likeness (QED) is 0.712. The summed E-state index contributed by atoms with van der Waals surface area (Å²) in [5, 5.41) is 9.87. The highest BCUT2D eigenvalue weighted by Gasteiger charge is 2.28. The summed E-state index contributed by atoms with van der Waals surface area (Å²) in [4.78, 5) is 7.92. The van der Waals surface area contributed by atoms with Gasteiger partial charge in [-0.25, -0.2) is 0 Å². The van der Waals surface area contributed by atoms with Crippen LogP contribution >= 0.6 is 0 Å². The van der Waals surface area contributed by atoms with E-state index >= 15 is 0 Å². The van der Waals surface area contributed by atoms with Crippen molar-refractivity contribution in [1.82, 2.24) is 9.97 Å². The maximum absolute atomic E-state index is 9.87. The summed E-state index contributed by atoms with van der Waals surface area (Å²) < 4.78 is 0. The molecule has 4 heteroatoms. The Morgan fingerprint density at radius 2 is 2.23 bits per heavy atom. The van der Waals surface area contributed by atoms with Gasteiger partial charge in [-0.2, -0.15) is 0 Å². The molecule has 0 fully saturated rings. The van der Waals surface area contributed by atoms with Crippen LogP contribution in [0.4, 0.5) is 0 Å². The fourth-order valence-corrected chi connectivity index (χ4v) is 0.964. The fraction of sp³-hybridized carbons (Fsp3) is 0.556. The lowest BCUT2D eigenvalue weighted by molar-refractivity contribution is 0.0515. The third kappa shape index (κ3) is 2.23. The van der Waals surface area contributed by atoms with Gasteiger partial charge in [-0.05, 0) is 0 Å². The van der Waals surface area contributed by atoms with Gasteiger partial charge < -0.3 is 10.8 Å². The Balaban J connectivity index is 2.85. The van der Waals surface area contributed by atoms with Crippen LogP contribution in [0.2, 0.25) is 0 Å². The van der Waals surface area contributed by atoms with Gasteiger partial charge in [0.15, 0.2) is 0 Å². The molecule has 72 valence electrons. The van der Waals surface area contributed by atoms with E-state index in [1.807, 2.05) is 13.8 Å². The Labute approximate surface area is 77.8 Å². The van der Waals surface area contributed by atoms with Crippen molar-refractivity contribution < 1.29 is 5.11 Å². The molecule has 0 saturated carbocycles. The topological polar surface area (TPSA) is 72.0 Å². The zero-order chi connectivity index (χ0) is 9.90. The Kier molecular flexibility index (Phi) is 2.95. The van der Waals surface area contributed by atoms with Gasteiger partial charge in [-0.3, -0.25) is 9.97 Å². The lowest BCUT2D eigenvalue weighted by Crippen LogP contribution is -2.31. The van der Waals surface area contributed by atoms with E-state index in [0.717, 1.165) is 0 Å². The van der Waals surface area contributed by atoms with E-state index < -0.39 is 6.10 Å². The van der Waals surface area contributed by atoms with Gasteiger partial charge in [0.2, 0.25) is 0 Å². The molecule has 0 bridgehead atoms. The van der Waals surface area contributed by atoms with Crippen LogP contribution in [0.1, 0.15) is 25.6 Å². The molecule has 1 aromatic rings. The Morgan fingerprint density at radius 1 is 1.54 bits per heavy atom. The van der Waals surface area contributed by atoms with E-state index in [2.05, 4.69) is 9.97 Å². The Morgan fingerprint density at radius 3 is 2.69 bits per heavy atom. The van der Waals surface area contributed by atoms with Crippen molar-refractivity contribution in [3.8, 4) is 0 Å². The van der Waals surface area contributed by atoms with Crippen molar-refractivity contribution in [3.05, 3.63) is 24.3 Å². The standard InChI is InChI=1S/C9H15N3O/c1-9(2,6-10)8(13)7-5-11-3-4-12-7/h3-5,8,13H,6,10H2,1-2H3. The summed E-state index contributed by atoms with van der Waals surface area (Å²) in [6.45, 7) is 4.20. The van der Waals surface area contributed by atoms with E-state index in [-0.39, 0.29) is 5.41 Å². The number of aliphatic hydroxyl groups excluding tert-OH is 1. The van der Waals surface area contributed by atoms with Crippen LogP contribution < -0.4 is 5.73 Å². The van der Waals surface area contributed by atoms with E-state index in [1.165, 1.54) is 0 Å². The van der Waals surface area contributed by atoms with Crippen molar-refractivity contribution in [1.29, 1.82) is 0 Å². The van der Waals surface area contributed by atoms with Gasteiger partial charge in [0, 0.05) is 24.4 Å². The first-order valence-electron chi connectivity index (χ1n) is 4.22. The highest BCUT2D eigenvalue weighted by molar-refractivity contribution is 5.03. The molecule has 0 radical (unpaired) electrons. The summed E-state index contributed by atoms with van der Waals surface area (Å²) in [6.07, 6.45) is 4.03. The van der Waals surface area contributed by atoms with Crippen molar-refractivity contribution in [2.75, 3.05) is 6.54 Å². The maximum Gasteiger partial charge on any atom is 0.104 e. The summed E-state index contributed by atoms with van der Waals surface area (Å²) in [5.74, 6) is 0. The largest absolute Gasteiger partial charge is 0.386 e. The molecule has 0 aliphatic heterocycles. The zero-order valence-corrected chi connectivity index (χ0v) is 7.94. The smallest absolute Gasteiger partial charge is 0.104 e. The predicted octanol–water partition coefficient (Wildman–Crippen LogP) is 0.495. The first-order chi connectivity index (χ1) is 6.08. The molecule has 13 heavy (non-hydrogen) atoms. The monoisotopic (exact) mass is 181 g/mol. The molecule has 4 nitrogen and oxygen atoms in total. The Bertz CT molecular complexity index is 261. The molecule has 0 aliphatic carbocycles. The van der Waals surface area contributed by atoms with Crippen LogP contribution in [0.5, 0.6) is 0 Å². The number of hydrogen-bond acceptors (Lipinski definition) is 4. The van der Waals surface area contributed by atoms with Crippen molar-refractivity contribution in [2.24, 2.45) is 11.1 Å². The lowest BCUT2D eigenvalue weighted by Gasteiger charge is -2.27. The molecule has 0 aliphatic rings. The number of aliphatic hydroxyl groups is 1. The number of aromatic nitrogens is 2. The number of hydrogen-bond donors (Lipinski definition) is 2. The molecule has 3 N–H and O–H groups in total. The van der Waals surface area contributed by atoms with Crippen LogP contribution in [-0.2, 0) is 0 Å². The zero-order valence-electron chi connectivity index (χ0n) is 7.94. The van der Waals surface area contributed by atoms with Gasteiger partial charge >= 0.3 is 0 Å². The minimum atomic E-state index is -0.661. The minimum Gasteiger partial charge on any atom is -0.386 e. The van der Waals surface area contributed by atoms with Crippen LogP contribution in [0, 0.1) is 5.41 Å². The lowest BCUT2D eigenvalue weighted by atomic mass is 9.85. The maximum atomic E-state index is 9.87. The van der Waals surface area contributed by atoms with E-state index in [4.69, 9.17) is 5.73 Å². The highest BCUT2D eigenvalue weighted by atomic mass is 16.3. The molecule has 1 unspecified atom stereocenters. The molecule has 0 aromatic carbocycles. The second-order valence-electron chi connectivity index (χ2n) is 3.73. The second-order valence-corrected chi connectivity index (χ2v) is 3.73. The molecule has 0 amide bonds. The molecule has 1 aromatic heterocycles. The molecule has 1 rings (SSSR count). The van der Waals surface area contributed by atoms with Gasteiger partial charge in [-0.15, -0.1) is 0 Å². The molecular formula is C9H15N3O.